The molecule has 0 amide bonds. The molecule has 3 N–H and O–H groups in total. The summed E-state index contributed by atoms with van der Waals surface area (Å²) in [6.07, 6.45) is -4.76. The van der Waals surface area contributed by atoms with Crippen LogP contribution in [0.4, 0.5) is 19.0 Å². The Morgan fingerprint density at radius 3 is 2.56 bits per heavy atom. The summed E-state index contributed by atoms with van der Waals surface area (Å²) in [6.45, 7) is 0. The zero-order chi connectivity index (χ0) is 13.3. The van der Waals surface area contributed by atoms with E-state index in [2.05, 4.69) is 20.1 Å². The van der Waals surface area contributed by atoms with Crippen LogP contribution in [-0.4, -0.2) is 16.3 Å². The summed E-state index contributed by atoms with van der Waals surface area (Å²) in [5, 5.41) is -0.0471. The number of benzene rings is 1. The summed E-state index contributed by atoms with van der Waals surface area (Å²) in [7, 11) is 0. The number of hydrazine groups is 1. The predicted octanol–water partition coefficient (Wildman–Crippen LogP) is 2.47. The number of nitrogen functional groups attached to an aromatic ring is 1. The average Bonchev–Trinajstić information content (AvgIpc) is 2.25. The van der Waals surface area contributed by atoms with Crippen LogP contribution in [0.15, 0.2) is 18.2 Å². The normalized spacial score (nSPS) is 11.6. The first-order valence-electron chi connectivity index (χ1n) is 4.59. The van der Waals surface area contributed by atoms with Gasteiger partial charge in [0.05, 0.1) is 11.0 Å². The maximum Gasteiger partial charge on any atom is 0.573 e. The third-order valence-corrected chi connectivity index (χ3v) is 2.23. The van der Waals surface area contributed by atoms with E-state index >= 15 is 0 Å². The molecule has 0 radical (unpaired) electrons. The van der Waals surface area contributed by atoms with Gasteiger partial charge >= 0.3 is 6.36 Å². The molecule has 5 nitrogen and oxygen atoms in total. The molecule has 0 aliphatic heterocycles. The van der Waals surface area contributed by atoms with E-state index in [-0.39, 0.29) is 16.5 Å². The molecule has 0 spiro atoms. The molecule has 1 heterocycles. The maximum absolute atomic E-state index is 12.0. The number of fused-ring (bicyclic) bond motifs is 1. The fraction of sp³-hybridized carbons (Fsp3) is 0.111. The summed E-state index contributed by atoms with van der Waals surface area (Å²) in [4.78, 5) is 7.81. The maximum atomic E-state index is 12.0. The highest BCUT2D eigenvalue weighted by Gasteiger charge is 2.31. The summed E-state index contributed by atoms with van der Waals surface area (Å²) in [6, 6.07) is 3.53. The standard InChI is InChI=1S/C9H6ClF3N4O/c10-7-8(17-14)16-5-2-1-4(3-6(5)15-7)18-9(11,12)13/h1-3H,14H2,(H,16,17). The summed E-state index contributed by atoms with van der Waals surface area (Å²) in [5.41, 5.74) is 2.73. The fourth-order valence-corrected chi connectivity index (χ4v) is 1.49. The number of alkyl halides is 3. The van der Waals surface area contributed by atoms with Crippen LogP contribution < -0.4 is 16.0 Å². The van der Waals surface area contributed by atoms with E-state index < -0.39 is 12.1 Å². The molecule has 2 aromatic rings. The molecule has 0 bridgehead atoms. The summed E-state index contributed by atoms with van der Waals surface area (Å²) in [5.74, 6) is 4.88. The molecular weight excluding hydrogens is 273 g/mol. The number of nitrogens with zero attached hydrogens (tertiary/aromatic N) is 2. The zero-order valence-electron chi connectivity index (χ0n) is 8.62. The van der Waals surface area contributed by atoms with Gasteiger partial charge in [-0.05, 0) is 12.1 Å². The van der Waals surface area contributed by atoms with Crippen molar-refractivity contribution in [2.24, 2.45) is 5.84 Å². The molecule has 96 valence electrons. The van der Waals surface area contributed by atoms with Gasteiger partial charge in [-0.1, -0.05) is 11.6 Å². The number of nitrogens with one attached hydrogen (secondary N) is 1. The first-order chi connectivity index (χ1) is 8.39. The minimum Gasteiger partial charge on any atom is -0.406 e. The first kappa shape index (κ1) is 12.7. The number of ether oxygens (including phenoxy) is 1. The average molecular weight is 279 g/mol. The van der Waals surface area contributed by atoms with Crippen molar-refractivity contribution in [1.29, 1.82) is 0 Å². The van der Waals surface area contributed by atoms with Crippen molar-refractivity contribution in [3.05, 3.63) is 23.4 Å². The molecular formula is C9H6ClF3N4O. The van der Waals surface area contributed by atoms with Gasteiger partial charge in [-0.3, -0.25) is 0 Å². The fourth-order valence-electron chi connectivity index (χ4n) is 1.30. The van der Waals surface area contributed by atoms with Gasteiger partial charge in [0, 0.05) is 6.07 Å². The number of aromatic nitrogens is 2. The van der Waals surface area contributed by atoms with Crippen molar-refractivity contribution in [1.82, 2.24) is 9.97 Å². The summed E-state index contributed by atoms with van der Waals surface area (Å²) < 4.78 is 39.8. The Morgan fingerprint density at radius 2 is 1.94 bits per heavy atom. The Balaban J connectivity index is 2.46. The Bertz CT molecular complexity index is 590. The number of hydrogen-bond donors (Lipinski definition) is 2. The Morgan fingerprint density at radius 1 is 1.22 bits per heavy atom. The lowest BCUT2D eigenvalue weighted by atomic mass is 10.3. The van der Waals surface area contributed by atoms with Gasteiger partial charge in [0.15, 0.2) is 11.0 Å². The summed E-state index contributed by atoms with van der Waals surface area (Å²) >= 11 is 5.71. The second kappa shape index (κ2) is 4.46. The van der Waals surface area contributed by atoms with Crippen molar-refractivity contribution in [3.63, 3.8) is 0 Å². The van der Waals surface area contributed by atoms with Gasteiger partial charge in [-0.2, -0.15) is 0 Å². The van der Waals surface area contributed by atoms with Crippen LogP contribution in [0, 0.1) is 0 Å². The number of halogens is 4. The third-order valence-electron chi connectivity index (χ3n) is 1.96. The molecule has 0 fully saturated rings. The molecule has 0 unspecified atom stereocenters. The third kappa shape index (κ3) is 2.71. The van der Waals surface area contributed by atoms with Gasteiger partial charge in [-0.25, -0.2) is 15.8 Å². The predicted molar refractivity (Wildman–Crippen MR) is 59.0 cm³/mol. The highest BCUT2D eigenvalue weighted by Crippen LogP contribution is 2.27. The smallest absolute Gasteiger partial charge is 0.406 e. The molecule has 1 aromatic heterocycles. The highest BCUT2D eigenvalue weighted by atomic mass is 35.5. The molecule has 0 saturated heterocycles. The lowest BCUT2D eigenvalue weighted by Crippen LogP contribution is -2.17. The van der Waals surface area contributed by atoms with Crippen LogP contribution >= 0.6 is 11.6 Å². The van der Waals surface area contributed by atoms with E-state index in [4.69, 9.17) is 17.4 Å². The molecule has 0 aliphatic rings. The number of hydrogen-bond acceptors (Lipinski definition) is 5. The van der Waals surface area contributed by atoms with Crippen LogP contribution in [0.5, 0.6) is 5.75 Å². The highest BCUT2D eigenvalue weighted by molar-refractivity contribution is 6.32. The van der Waals surface area contributed by atoms with E-state index in [1.807, 2.05) is 0 Å². The van der Waals surface area contributed by atoms with E-state index in [1.54, 1.807) is 0 Å². The van der Waals surface area contributed by atoms with Crippen LogP contribution in [0.25, 0.3) is 11.0 Å². The van der Waals surface area contributed by atoms with Gasteiger partial charge in [0.2, 0.25) is 0 Å². The number of nitrogens with two attached hydrogens (primary N) is 1. The van der Waals surface area contributed by atoms with Crippen molar-refractivity contribution >= 4 is 28.5 Å². The molecule has 1 aromatic carbocycles. The minimum absolute atomic E-state index is 0.0471. The van der Waals surface area contributed by atoms with Gasteiger partial charge in [0.25, 0.3) is 0 Å². The number of rotatable bonds is 2. The molecule has 18 heavy (non-hydrogen) atoms. The topological polar surface area (TPSA) is 73.1 Å². The SMILES string of the molecule is NNc1nc2ccc(OC(F)(F)F)cc2nc1Cl. The second-order valence-corrected chi connectivity index (χ2v) is 3.56. The van der Waals surface area contributed by atoms with Crippen molar-refractivity contribution in [2.75, 3.05) is 5.43 Å². The molecule has 0 atom stereocenters. The Hall–Kier alpha value is -1.80. The van der Waals surface area contributed by atoms with Crippen molar-refractivity contribution < 1.29 is 17.9 Å². The van der Waals surface area contributed by atoms with Crippen molar-refractivity contribution in [2.45, 2.75) is 6.36 Å². The van der Waals surface area contributed by atoms with E-state index in [1.165, 1.54) is 6.07 Å². The largest absolute Gasteiger partial charge is 0.573 e. The number of anilines is 1. The van der Waals surface area contributed by atoms with Crippen LogP contribution in [0.3, 0.4) is 0 Å². The lowest BCUT2D eigenvalue weighted by Gasteiger charge is -2.09. The quantitative estimate of drug-likeness (QED) is 0.652. The first-order valence-corrected chi connectivity index (χ1v) is 4.96. The molecule has 0 saturated carbocycles. The van der Waals surface area contributed by atoms with Crippen LogP contribution in [0.2, 0.25) is 5.15 Å². The van der Waals surface area contributed by atoms with Gasteiger partial charge < -0.3 is 10.2 Å². The zero-order valence-corrected chi connectivity index (χ0v) is 9.38. The molecule has 0 aliphatic carbocycles. The Labute approximate surface area is 104 Å². The van der Waals surface area contributed by atoms with E-state index in [9.17, 15) is 13.2 Å². The lowest BCUT2D eigenvalue weighted by molar-refractivity contribution is -0.274. The van der Waals surface area contributed by atoms with Crippen molar-refractivity contribution in [3.8, 4) is 5.75 Å². The van der Waals surface area contributed by atoms with Gasteiger partial charge in [0.1, 0.15) is 5.75 Å². The van der Waals surface area contributed by atoms with E-state index in [0.29, 0.717) is 5.52 Å². The van der Waals surface area contributed by atoms with Crippen LogP contribution in [-0.2, 0) is 0 Å². The van der Waals surface area contributed by atoms with Crippen LogP contribution in [0.1, 0.15) is 0 Å². The van der Waals surface area contributed by atoms with E-state index in [0.717, 1.165) is 12.1 Å². The monoisotopic (exact) mass is 278 g/mol. The molecule has 2 rings (SSSR count). The van der Waals surface area contributed by atoms with Gasteiger partial charge in [-0.15, -0.1) is 13.2 Å². The molecule has 9 heteroatoms. The second-order valence-electron chi connectivity index (χ2n) is 3.21. The Kier molecular flexibility index (Phi) is 3.14. The minimum atomic E-state index is -4.76.